The van der Waals surface area contributed by atoms with Crippen LogP contribution in [0, 0.1) is 0 Å². The van der Waals surface area contributed by atoms with Crippen LogP contribution in [0.3, 0.4) is 0 Å². The van der Waals surface area contributed by atoms with Gasteiger partial charge in [-0.3, -0.25) is 9.35 Å². The Morgan fingerprint density at radius 2 is 1.77 bits per heavy atom. The van der Waals surface area contributed by atoms with Crippen LogP contribution in [0.1, 0.15) is 29.8 Å². The number of rotatable bonds is 8. The van der Waals surface area contributed by atoms with Crippen molar-refractivity contribution in [3.63, 3.8) is 0 Å². The van der Waals surface area contributed by atoms with Crippen molar-refractivity contribution in [3.05, 3.63) is 81.8 Å². The normalized spacial score (nSPS) is 11.4. The first-order chi connectivity index (χ1) is 18.5. The van der Waals surface area contributed by atoms with E-state index in [1.54, 1.807) is 56.3 Å². The first-order valence-corrected chi connectivity index (χ1v) is 13.9. The van der Waals surface area contributed by atoms with Crippen LogP contribution in [0.4, 0.5) is 17.1 Å². The van der Waals surface area contributed by atoms with E-state index < -0.39 is 26.7 Å². The Kier molecular flexibility index (Phi) is 10.6. The minimum absolute atomic E-state index is 0. The minimum Gasteiger partial charge on any atom is -0.870 e. The van der Waals surface area contributed by atoms with Crippen molar-refractivity contribution >= 4 is 67.1 Å². The van der Waals surface area contributed by atoms with Gasteiger partial charge >= 0.3 is 29.6 Å². The second-order valence-corrected chi connectivity index (χ2v) is 10.4. The Morgan fingerprint density at radius 1 is 1.05 bits per heavy atom. The van der Waals surface area contributed by atoms with Crippen molar-refractivity contribution in [1.29, 1.82) is 0 Å². The van der Waals surface area contributed by atoms with Crippen molar-refractivity contribution in [3.8, 4) is 11.5 Å². The van der Waals surface area contributed by atoms with Crippen molar-refractivity contribution in [1.82, 2.24) is 0 Å². The summed E-state index contributed by atoms with van der Waals surface area (Å²) in [6, 6.07) is 15.7. The molecule has 0 saturated carbocycles. The van der Waals surface area contributed by atoms with Gasteiger partial charge in [0.05, 0.1) is 22.3 Å². The maximum Gasteiger partial charge on any atom is 1.00 e. The molecule has 0 radical (unpaired) electrons. The molecule has 0 aliphatic rings. The molecule has 0 aliphatic heterocycles. The summed E-state index contributed by atoms with van der Waals surface area (Å²) >= 11 is 12.3. The minimum atomic E-state index is -4.77. The van der Waals surface area contributed by atoms with Gasteiger partial charge in [0, 0.05) is 22.7 Å². The summed E-state index contributed by atoms with van der Waals surface area (Å²) in [6.45, 7) is 3.93. The molecule has 0 heterocycles. The fourth-order valence-corrected chi connectivity index (χ4v) is 5.40. The van der Waals surface area contributed by atoms with Crippen LogP contribution in [-0.2, 0) is 16.5 Å². The van der Waals surface area contributed by atoms with E-state index in [0.717, 1.165) is 0 Å². The first kappa shape index (κ1) is 31.8. The molecule has 0 bridgehead atoms. The average molecular weight is 610 g/mol. The van der Waals surface area contributed by atoms with E-state index in [9.17, 15) is 22.9 Å². The summed E-state index contributed by atoms with van der Waals surface area (Å²) in [4.78, 5) is 12.6. The fraction of sp³-hybridized carbons (Fsp3) is 0.148. The number of amides is 1. The molecule has 9 nitrogen and oxygen atoms in total. The number of nitrogens with one attached hydrogen (secondary N) is 1. The van der Waals surface area contributed by atoms with Crippen LogP contribution in [-0.4, -0.2) is 25.5 Å². The van der Waals surface area contributed by atoms with Gasteiger partial charge in [-0.05, 0) is 48.6 Å². The second kappa shape index (κ2) is 13.3. The molecule has 13 heteroatoms. The second-order valence-electron chi connectivity index (χ2n) is 8.27. The molecule has 0 aliphatic carbocycles. The number of anilines is 1. The Balaban J connectivity index is 0.00000441. The molecule has 4 aromatic carbocycles. The molecule has 2 N–H and O–H groups in total. The summed E-state index contributed by atoms with van der Waals surface area (Å²) in [5.74, 6) is -1.07. The smallest absolute Gasteiger partial charge is 0.870 e. The molecule has 0 fully saturated rings. The van der Waals surface area contributed by atoms with Crippen LogP contribution in [0.2, 0.25) is 10.0 Å². The maximum atomic E-state index is 13.5. The average Bonchev–Trinajstić information content (AvgIpc) is 2.89. The molecule has 0 atom stereocenters. The summed E-state index contributed by atoms with van der Waals surface area (Å²) in [5, 5.41) is 25.2. The van der Waals surface area contributed by atoms with Gasteiger partial charge in [0.25, 0.3) is 16.0 Å². The zero-order chi connectivity index (χ0) is 28.3. The van der Waals surface area contributed by atoms with Gasteiger partial charge in [-0.25, -0.2) is 0 Å². The van der Waals surface area contributed by atoms with E-state index in [1.807, 2.05) is 0 Å². The van der Waals surface area contributed by atoms with Crippen molar-refractivity contribution in [2.24, 2.45) is 10.2 Å². The van der Waals surface area contributed by atoms with E-state index in [0.29, 0.717) is 45.8 Å². The van der Waals surface area contributed by atoms with Crippen molar-refractivity contribution in [2.75, 3.05) is 11.9 Å². The largest absolute Gasteiger partial charge is 1.00 e. The predicted molar refractivity (Wildman–Crippen MR) is 149 cm³/mol. The Bertz CT molecular complexity index is 1730. The standard InChI is InChI=1S/C27H23Cl2N3O6S.Na/c1-3-15-9-12-21(26(23(15)29)39(35,36)37)31-32-24-18-8-6-5-7-16(18)13-19(25(24)33)27(34)30-17-10-11-20(28)22(14-17)38-4-2;/h5-14,33H,3-4H2,1-2H3,(H,30,34)(H,35,36,37);/q;+1/p-1. The fourth-order valence-electron chi connectivity index (χ4n) is 3.91. The van der Waals surface area contributed by atoms with Crippen LogP contribution < -0.4 is 44.7 Å². The number of hydrogen-bond donors (Lipinski definition) is 2. The zero-order valence-corrected chi connectivity index (χ0v) is 26.1. The first-order valence-electron chi connectivity index (χ1n) is 11.7. The molecule has 0 spiro atoms. The third-order valence-electron chi connectivity index (χ3n) is 5.76. The number of carbonyl (C=O) groups excluding carboxylic acids is 1. The third kappa shape index (κ3) is 6.77. The zero-order valence-electron chi connectivity index (χ0n) is 21.7. The SMILES string of the molecule is CCOc1cc(NC(=O)c2cc3ccccc3c(N=Nc3ccc(CC)c(Cl)c3S(=O)(=O)O)c2[O-])ccc1Cl.[Na+]. The Hall–Kier alpha value is -2.70. The third-order valence-corrected chi connectivity index (χ3v) is 7.55. The van der Waals surface area contributed by atoms with Crippen LogP contribution in [0.5, 0.6) is 11.5 Å². The monoisotopic (exact) mass is 609 g/mol. The Labute approximate surface area is 263 Å². The van der Waals surface area contributed by atoms with Gasteiger partial charge in [-0.1, -0.05) is 66.2 Å². The predicted octanol–water partition coefficient (Wildman–Crippen LogP) is 4.10. The van der Waals surface area contributed by atoms with Gasteiger partial charge in [0.2, 0.25) is 0 Å². The molecule has 202 valence electrons. The number of azo groups is 1. The molecule has 0 unspecified atom stereocenters. The number of nitrogens with zero attached hydrogens (tertiary/aromatic N) is 2. The van der Waals surface area contributed by atoms with Crippen molar-refractivity contribution in [2.45, 2.75) is 25.2 Å². The van der Waals surface area contributed by atoms with Gasteiger partial charge in [0.1, 0.15) is 16.3 Å². The van der Waals surface area contributed by atoms with E-state index in [2.05, 4.69) is 15.5 Å². The van der Waals surface area contributed by atoms with Gasteiger partial charge in [0.15, 0.2) is 0 Å². The molecule has 4 rings (SSSR count). The number of halogens is 2. The molecule has 1 amide bonds. The maximum absolute atomic E-state index is 13.5. The topological polar surface area (TPSA) is 140 Å². The molecule has 0 saturated heterocycles. The van der Waals surface area contributed by atoms with E-state index in [-0.39, 0.29) is 51.5 Å². The Morgan fingerprint density at radius 3 is 2.45 bits per heavy atom. The molecule has 40 heavy (non-hydrogen) atoms. The van der Waals surface area contributed by atoms with Crippen LogP contribution in [0.15, 0.2) is 75.8 Å². The quantitative estimate of drug-likeness (QED) is 0.175. The number of benzene rings is 4. The number of ether oxygens (including phenoxy) is 1. The van der Waals surface area contributed by atoms with Crippen LogP contribution >= 0.6 is 23.2 Å². The van der Waals surface area contributed by atoms with E-state index in [1.165, 1.54) is 18.2 Å². The summed E-state index contributed by atoms with van der Waals surface area (Å²) in [7, 11) is -4.77. The van der Waals surface area contributed by atoms with Gasteiger partial charge < -0.3 is 15.2 Å². The molecule has 0 aromatic heterocycles. The number of aryl methyl sites for hydroxylation is 1. The van der Waals surface area contributed by atoms with Crippen molar-refractivity contribution < 1.29 is 57.2 Å². The van der Waals surface area contributed by atoms with E-state index in [4.69, 9.17) is 27.9 Å². The summed E-state index contributed by atoms with van der Waals surface area (Å²) < 4.78 is 39.4. The van der Waals surface area contributed by atoms with E-state index >= 15 is 0 Å². The number of fused-ring (bicyclic) bond motifs is 1. The molecule has 4 aromatic rings. The summed E-state index contributed by atoms with van der Waals surface area (Å²) in [5.41, 5.74) is 0.160. The van der Waals surface area contributed by atoms with Gasteiger partial charge in [-0.15, -0.1) is 5.11 Å². The molecular formula is C27H22Cl2N3NaO6S. The van der Waals surface area contributed by atoms with Gasteiger partial charge in [-0.2, -0.15) is 13.5 Å². The number of carbonyl (C=O) groups is 1. The molecular weight excluding hydrogens is 588 g/mol. The summed E-state index contributed by atoms with van der Waals surface area (Å²) in [6.07, 6.45) is 0.408. The number of hydrogen-bond acceptors (Lipinski definition) is 7. The van der Waals surface area contributed by atoms with Crippen LogP contribution in [0.25, 0.3) is 10.8 Å².